The summed E-state index contributed by atoms with van der Waals surface area (Å²) in [6, 6.07) is 12.5. The maximum absolute atomic E-state index is 13.2. The molecule has 8 nitrogen and oxygen atoms in total. The molecular formula is C21H26N2O6S2. The van der Waals surface area contributed by atoms with E-state index in [-0.39, 0.29) is 16.6 Å². The SMILES string of the molecule is COc1ccccc1CCN[C@H]1CS(=O)(=O)C[C@@H]1S(=O)(=O)c1ccc(NC(C)=O)cc1. The number of methoxy groups -OCH3 is 1. The number of ether oxygens (including phenoxy) is 1. The van der Waals surface area contributed by atoms with Crippen LogP contribution < -0.4 is 15.4 Å². The fourth-order valence-electron chi connectivity index (χ4n) is 3.72. The van der Waals surface area contributed by atoms with Gasteiger partial charge in [-0.1, -0.05) is 18.2 Å². The summed E-state index contributed by atoms with van der Waals surface area (Å²) in [5.41, 5.74) is 1.42. The van der Waals surface area contributed by atoms with Crippen molar-refractivity contribution in [3.63, 3.8) is 0 Å². The van der Waals surface area contributed by atoms with Crippen molar-refractivity contribution in [2.75, 3.05) is 30.5 Å². The summed E-state index contributed by atoms with van der Waals surface area (Å²) < 4.78 is 56.2. The number of para-hydroxylation sites is 1. The number of benzene rings is 2. The second kappa shape index (κ2) is 9.37. The molecule has 168 valence electrons. The number of carbonyl (C=O) groups is 1. The molecule has 0 aliphatic carbocycles. The lowest BCUT2D eigenvalue weighted by molar-refractivity contribution is -0.114. The third kappa shape index (κ3) is 5.63. The quantitative estimate of drug-likeness (QED) is 0.604. The van der Waals surface area contributed by atoms with Crippen molar-refractivity contribution in [3.8, 4) is 5.75 Å². The van der Waals surface area contributed by atoms with Crippen molar-refractivity contribution < 1.29 is 26.4 Å². The topological polar surface area (TPSA) is 119 Å². The predicted octanol–water partition coefficient (Wildman–Crippen LogP) is 1.43. The van der Waals surface area contributed by atoms with Crippen LogP contribution in [0.2, 0.25) is 0 Å². The Balaban J connectivity index is 1.75. The zero-order valence-corrected chi connectivity index (χ0v) is 19.0. The predicted molar refractivity (Wildman–Crippen MR) is 119 cm³/mol. The standard InChI is InChI=1S/C21H26N2O6S2/c1-15(24)23-17-7-9-18(10-8-17)31(27,28)21-14-30(25,26)13-19(21)22-12-11-16-5-3-4-6-20(16)29-2/h3-10,19,21-22H,11-14H2,1-2H3,(H,23,24)/t19-,21-/m0/s1. The monoisotopic (exact) mass is 466 g/mol. The summed E-state index contributed by atoms with van der Waals surface area (Å²) in [4.78, 5) is 11.2. The van der Waals surface area contributed by atoms with Gasteiger partial charge in [0.2, 0.25) is 5.91 Å². The lowest BCUT2D eigenvalue weighted by atomic mass is 10.1. The molecule has 2 N–H and O–H groups in total. The van der Waals surface area contributed by atoms with Gasteiger partial charge in [0.15, 0.2) is 19.7 Å². The molecule has 10 heteroatoms. The minimum Gasteiger partial charge on any atom is -0.496 e. The Bertz CT molecular complexity index is 1140. The number of hydrogen-bond donors (Lipinski definition) is 2. The Hall–Kier alpha value is -2.43. The number of amides is 1. The van der Waals surface area contributed by atoms with E-state index in [9.17, 15) is 21.6 Å². The van der Waals surface area contributed by atoms with Crippen LogP contribution in [0.1, 0.15) is 12.5 Å². The number of nitrogens with one attached hydrogen (secondary N) is 2. The van der Waals surface area contributed by atoms with Gasteiger partial charge in [0, 0.05) is 18.7 Å². The number of rotatable bonds is 8. The molecule has 0 radical (unpaired) electrons. The van der Waals surface area contributed by atoms with E-state index < -0.39 is 36.7 Å². The van der Waals surface area contributed by atoms with Gasteiger partial charge in [-0.05, 0) is 48.9 Å². The van der Waals surface area contributed by atoms with Crippen LogP contribution in [0.25, 0.3) is 0 Å². The van der Waals surface area contributed by atoms with Gasteiger partial charge in [-0.25, -0.2) is 16.8 Å². The summed E-state index contributed by atoms with van der Waals surface area (Å²) in [5, 5.41) is 4.62. The molecule has 0 bridgehead atoms. The molecule has 31 heavy (non-hydrogen) atoms. The molecule has 0 saturated carbocycles. The third-order valence-electron chi connectivity index (χ3n) is 5.20. The van der Waals surface area contributed by atoms with Gasteiger partial charge in [-0.15, -0.1) is 0 Å². The lowest BCUT2D eigenvalue weighted by Crippen LogP contribution is -2.44. The fraction of sp³-hybridized carbons (Fsp3) is 0.381. The Morgan fingerprint density at radius 3 is 2.42 bits per heavy atom. The number of hydrogen-bond acceptors (Lipinski definition) is 7. The molecule has 1 heterocycles. The molecule has 3 rings (SSSR count). The van der Waals surface area contributed by atoms with Gasteiger partial charge in [0.25, 0.3) is 0 Å². The highest BCUT2D eigenvalue weighted by atomic mass is 32.2. The van der Waals surface area contributed by atoms with Crippen LogP contribution in [-0.2, 0) is 30.9 Å². The van der Waals surface area contributed by atoms with Gasteiger partial charge in [-0.3, -0.25) is 4.79 Å². The van der Waals surface area contributed by atoms with Crippen molar-refractivity contribution in [3.05, 3.63) is 54.1 Å². The van der Waals surface area contributed by atoms with Crippen LogP contribution in [0.15, 0.2) is 53.4 Å². The molecule has 1 aliphatic rings. The number of sulfone groups is 2. The normalized spacial score (nSPS) is 20.3. The molecule has 0 spiro atoms. The fourth-order valence-corrected chi connectivity index (χ4v) is 8.44. The summed E-state index contributed by atoms with van der Waals surface area (Å²) in [6.07, 6.45) is 0.568. The molecule has 1 fully saturated rings. The van der Waals surface area contributed by atoms with E-state index >= 15 is 0 Å². The number of carbonyl (C=O) groups excluding carboxylic acids is 1. The highest BCUT2D eigenvalue weighted by Gasteiger charge is 2.45. The smallest absolute Gasteiger partial charge is 0.221 e. The Kier molecular flexibility index (Phi) is 7.03. The molecule has 1 amide bonds. The maximum atomic E-state index is 13.2. The van der Waals surface area contributed by atoms with E-state index in [1.165, 1.54) is 31.2 Å². The van der Waals surface area contributed by atoms with Crippen LogP contribution in [0, 0.1) is 0 Å². The minimum atomic E-state index is -3.89. The molecule has 1 saturated heterocycles. The largest absolute Gasteiger partial charge is 0.496 e. The first kappa shape index (κ1) is 23.2. The van der Waals surface area contributed by atoms with E-state index in [0.717, 1.165) is 11.3 Å². The number of anilines is 1. The first-order valence-corrected chi connectivity index (χ1v) is 13.2. The summed E-state index contributed by atoms with van der Waals surface area (Å²) in [7, 11) is -5.80. The van der Waals surface area contributed by atoms with Crippen molar-refractivity contribution in [1.29, 1.82) is 0 Å². The highest BCUT2D eigenvalue weighted by Crippen LogP contribution is 2.27. The molecule has 0 unspecified atom stereocenters. The zero-order valence-electron chi connectivity index (χ0n) is 17.4. The van der Waals surface area contributed by atoms with Gasteiger partial charge >= 0.3 is 0 Å². The van der Waals surface area contributed by atoms with E-state index in [0.29, 0.717) is 18.7 Å². The van der Waals surface area contributed by atoms with E-state index in [1.54, 1.807) is 7.11 Å². The highest BCUT2D eigenvalue weighted by molar-refractivity contribution is 7.96. The summed E-state index contributed by atoms with van der Waals surface area (Å²) in [6.45, 7) is 1.77. The third-order valence-corrected chi connectivity index (χ3v) is 9.36. The van der Waals surface area contributed by atoms with Crippen LogP contribution in [0.5, 0.6) is 5.75 Å². The van der Waals surface area contributed by atoms with Crippen LogP contribution in [-0.4, -0.2) is 59.2 Å². The molecule has 2 atom stereocenters. The Labute approximate surface area is 182 Å². The zero-order chi connectivity index (χ0) is 22.6. The first-order valence-electron chi connectivity index (χ1n) is 9.79. The molecule has 2 aromatic carbocycles. The lowest BCUT2D eigenvalue weighted by Gasteiger charge is -2.20. The van der Waals surface area contributed by atoms with Crippen molar-refractivity contribution in [2.45, 2.75) is 29.5 Å². The molecule has 2 aromatic rings. The first-order chi connectivity index (χ1) is 14.6. The second-order valence-electron chi connectivity index (χ2n) is 7.49. The maximum Gasteiger partial charge on any atom is 0.221 e. The Morgan fingerprint density at radius 1 is 1.10 bits per heavy atom. The van der Waals surface area contributed by atoms with Gasteiger partial charge in [0.05, 0.1) is 28.8 Å². The van der Waals surface area contributed by atoms with Gasteiger partial charge < -0.3 is 15.4 Å². The second-order valence-corrected chi connectivity index (χ2v) is 11.8. The van der Waals surface area contributed by atoms with Crippen LogP contribution in [0.4, 0.5) is 5.69 Å². The van der Waals surface area contributed by atoms with E-state index in [2.05, 4.69) is 10.6 Å². The van der Waals surface area contributed by atoms with Crippen molar-refractivity contribution in [1.82, 2.24) is 5.32 Å². The van der Waals surface area contributed by atoms with Crippen LogP contribution >= 0.6 is 0 Å². The average Bonchev–Trinajstić information content (AvgIpc) is 3.03. The van der Waals surface area contributed by atoms with Gasteiger partial charge in [-0.2, -0.15) is 0 Å². The van der Waals surface area contributed by atoms with Gasteiger partial charge in [0.1, 0.15) is 5.75 Å². The summed E-state index contributed by atoms with van der Waals surface area (Å²) >= 11 is 0. The molecule has 0 aromatic heterocycles. The Morgan fingerprint density at radius 2 is 1.77 bits per heavy atom. The molecular weight excluding hydrogens is 440 g/mol. The van der Waals surface area contributed by atoms with Crippen LogP contribution in [0.3, 0.4) is 0 Å². The van der Waals surface area contributed by atoms with Crippen molar-refractivity contribution >= 4 is 31.3 Å². The van der Waals surface area contributed by atoms with E-state index in [4.69, 9.17) is 4.74 Å². The van der Waals surface area contributed by atoms with E-state index in [1.807, 2.05) is 24.3 Å². The van der Waals surface area contributed by atoms with Crippen molar-refractivity contribution in [2.24, 2.45) is 0 Å². The summed E-state index contributed by atoms with van der Waals surface area (Å²) in [5.74, 6) is -0.189. The average molecular weight is 467 g/mol. The minimum absolute atomic E-state index is 0.0280. The molecule has 1 aliphatic heterocycles.